The zero-order valence-electron chi connectivity index (χ0n) is 17.2. The van der Waals surface area contributed by atoms with Gasteiger partial charge in [0.1, 0.15) is 17.5 Å². The van der Waals surface area contributed by atoms with Crippen molar-refractivity contribution in [2.45, 2.75) is 42.9 Å². The Bertz CT molecular complexity index is 1020. The number of ether oxygens (including phenoxy) is 3. The van der Waals surface area contributed by atoms with Crippen LogP contribution in [0.2, 0.25) is 0 Å². The summed E-state index contributed by atoms with van der Waals surface area (Å²) in [7, 11) is 5.31. The highest BCUT2D eigenvalue weighted by atomic mass is 16.6. The van der Waals surface area contributed by atoms with Gasteiger partial charge in [-0.25, -0.2) is 0 Å². The van der Waals surface area contributed by atoms with E-state index in [1.807, 2.05) is 25.3 Å². The van der Waals surface area contributed by atoms with Crippen molar-refractivity contribution in [1.82, 2.24) is 4.90 Å². The number of piperidine rings is 1. The van der Waals surface area contributed by atoms with Crippen molar-refractivity contribution in [1.29, 1.82) is 0 Å². The standard InChI is InChI=1S/C23H25NO5/c1-12(25)14-11-21-7-8-23(14,28-4)20-22(21)9-10-24(2)19(21)17(26)13-5-6-15(27-3)18(29-20)16(13)22/h5-8,14,19-20H,9-11H2,1-4H3/t14-,19?,20-,21-,22+,23-/m1/s1. The number of likely N-dealkylation sites (tertiary alicyclic amines) is 1. The van der Waals surface area contributed by atoms with E-state index in [0.717, 1.165) is 24.1 Å². The van der Waals surface area contributed by atoms with Crippen molar-refractivity contribution < 1.29 is 23.8 Å². The maximum absolute atomic E-state index is 13.8. The summed E-state index contributed by atoms with van der Waals surface area (Å²) in [5, 5.41) is 0. The van der Waals surface area contributed by atoms with Gasteiger partial charge in [0.2, 0.25) is 0 Å². The van der Waals surface area contributed by atoms with E-state index < -0.39 is 16.4 Å². The van der Waals surface area contributed by atoms with Crippen molar-refractivity contribution in [3.63, 3.8) is 0 Å². The van der Waals surface area contributed by atoms with Gasteiger partial charge in [-0.05, 0) is 45.5 Å². The van der Waals surface area contributed by atoms with Crippen LogP contribution < -0.4 is 9.47 Å². The van der Waals surface area contributed by atoms with Crippen molar-refractivity contribution in [3.05, 3.63) is 35.4 Å². The Balaban J connectivity index is 1.75. The summed E-state index contributed by atoms with van der Waals surface area (Å²) in [5.41, 5.74) is -0.00627. The van der Waals surface area contributed by atoms with E-state index in [-0.39, 0.29) is 29.6 Å². The molecule has 1 aromatic carbocycles. The molecule has 1 saturated heterocycles. The fraction of sp³-hybridized carbons (Fsp3) is 0.565. The summed E-state index contributed by atoms with van der Waals surface area (Å²) >= 11 is 0. The molecule has 6 atom stereocenters. The molecule has 0 amide bonds. The van der Waals surface area contributed by atoms with Crippen molar-refractivity contribution in [2.24, 2.45) is 11.3 Å². The number of ketones is 2. The number of nitrogens with zero attached hydrogens (tertiary/aromatic N) is 1. The highest BCUT2D eigenvalue weighted by molar-refractivity contribution is 6.06. The lowest BCUT2D eigenvalue weighted by molar-refractivity contribution is -0.206. The Hall–Kier alpha value is -2.18. The summed E-state index contributed by atoms with van der Waals surface area (Å²) < 4.78 is 18.4. The number of methoxy groups -OCH3 is 2. The van der Waals surface area contributed by atoms with E-state index in [4.69, 9.17) is 14.2 Å². The zero-order chi connectivity index (χ0) is 20.3. The highest BCUT2D eigenvalue weighted by Gasteiger charge is 2.80. The fourth-order valence-corrected chi connectivity index (χ4v) is 7.53. The number of carbonyl (C=O) groups excluding carboxylic acids is 2. The quantitative estimate of drug-likeness (QED) is 0.731. The SMILES string of the molecule is COc1ccc2c3c1O[C@H]1[C@@]4(OC)C=C[C@@]5(C[C@@H]4C(C)=O)C(C2=O)N(C)CC[C@]315. The molecule has 6 heteroatoms. The smallest absolute Gasteiger partial charge is 0.181 e. The van der Waals surface area contributed by atoms with Crippen LogP contribution in [0.5, 0.6) is 11.5 Å². The fourth-order valence-electron chi connectivity index (χ4n) is 7.53. The zero-order valence-corrected chi connectivity index (χ0v) is 17.2. The van der Waals surface area contributed by atoms with Crippen LogP contribution in [0, 0.1) is 11.3 Å². The van der Waals surface area contributed by atoms with Crippen LogP contribution in [0.25, 0.3) is 0 Å². The molecule has 2 aliphatic heterocycles. The molecule has 0 radical (unpaired) electrons. The predicted octanol–water partition coefficient (Wildman–Crippen LogP) is 2.14. The van der Waals surface area contributed by atoms with Gasteiger partial charge < -0.3 is 14.2 Å². The molecule has 7 rings (SSSR count). The molecule has 6 aliphatic rings. The van der Waals surface area contributed by atoms with Crippen LogP contribution in [0.3, 0.4) is 0 Å². The average molecular weight is 395 g/mol. The van der Waals surface area contributed by atoms with E-state index in [1.165, 1.54) is 0 Å². The van der Waals surface area contributed by atoms with Gasteiger partial charge in [0.05, 0.1) is 24.5 Å². The second-order valence-corrected chi connectivity index (χ2v) is 9.28. The second-order valence-electron chi connectivity index (χ2n) is 9.28. The van der Waals surface area contributed by atoms with E-state index in [1.54, 1.807) is 21.1 Å². The number of Topliss-reactive ketones (excluding diaryl/α,β-unsaturated/α-hetero) is 2. The third kappa shape index (κ3) is 1.56. The molecule has 1 unspecified atom stereocenters. The van der Waals surface area contributed by atoms with E-state index in [9.17, 15) is 9.59 Å². The molecule has 4 aliphatic carbocycles. The van der Waals surface area contributed by atoms with E-state index >= 15 is 0 Å². The first-order chi connectivity index (χ1) is 13.9. The van der Waals surface area contributed by atoms with Gasteiger partial charge in [-0.1, -0.05) is 12.2 Å². The number of carbonyl (C=O) groups is 2. The number of hydrogen-bond donors (Lipinski definition) is 0. The van der Waals surface area contributed by atoms with Crippen LogP contribution in [0.15, 0.2) is 24.3 Å². The molecule has 4 bridgehead atoms. The van der Waals surface area contributed by atoms with E-state index in [0.29, 0.717) is 17.9 Å². The lowest BCUT2D eigenvalue weighted by Crippen LogP contribution is -2.80. The molecule has 1 saturated carbocycles. The van der Waals surface area contributed by atoms with Crippen LogP contribution in [-0.4, -0.2) is 62.0 Å². The molecule has 2 spiro atoms. The lowest BCUT2D eigenvalue weighted by atomic mass is 9.37. The Kier molecular flexibility index (Phi) is 3.11. The summed E-state index contributed by atoms with van der Waals surface area (Å²) in [6.07, 6.45) is 5.30. The summed E-state index contributed by atoms with van der Waals surface area (Å²) in [6, 6.07) is 3.41. The first-order valence-electron chi connectivity index (χ1n) is 10.3. The largest absolute Gasteiger partial charge is 0.493 e. The topological polar surface area (TPSA) is 65.1 Å². The molecule has 152 valence electrons. The van der Waals surface area contributed by atoms with Crippen LogP contribution in [0.1, 0.15) is 35.7 Å². The van der Waals surface area contributed by atoms with Gasteiger partial charge in [-0.15, -0.1) is 0 Å². The molecule has 2 fully saturated rings. The summed E-state index contributed by atoms with van der Waals surface area (Å²) in [5.74, 6) is 1.14. The predicted molar refractivity (Wildman–Crippen MR) is 105 cm³/mol. The van der Waals surface area contributed by atoms with Crippen LogP contribution in [-0.2, 0) is 14.9 Å². The second kappa shape index (κ2) is 5.10. The average Bonchev–Trinajstić information content (AvgIpc) is 3.09. The van der Waals surface area contributed by atoms with Gasteiger partial charge in [0.15, 0.2) is 17.3 Å². The minimum Gasteiger partial charge on any atom is -0.493 e. The molecule has 2 heterocycles. The number of benzene rings is 1. The van der Waals surface area contributed by atoms with Gasteiger partial charge in [0, 0.05) is 23.7 Å². The van der Waals surface area contributed by atoms with Gasteiger partial charge in [-0.3, -0.25) is 14.5 Å². The van der Waals surface area contributed by atoms with Gasteiger partial charge in [0.25, 0.3) is 0 Å². The molecule has 29 heavy (non-hydrogen) atoms. The van der Waals surface area contributed by atoms with Crippen LogP contribution in [0.4, 0.5) is 0 Å². The first kappa shape index (κ1) is 17.7. The van der Waals surface area contributed by atoms with E-state index in [2.05, 4.69) is 11.0 Å². The van der Waals surface area contributed by atoms with Crippen molar-refractivity contribution in [3.8, 4) is 11.5 Å². The van der Waals surface area contributed by atoms with Gasteiger partial charge >= 0.3 is 0 Å². The number of likely N-dealkylation sites (N-methyl/N-ethyl adjacent to an activating group) is 1. The Morgan fingerprint density at radius 1 is 1.28 bits per heavy atom. The minimum absolute atomic E-state index is 0.0796. The van der Waals surface area contributed by atoms with Gasteiger partial charge in [-0.2, -0.15) is 0 Å². The maximum Gasteiger partial charge on any atom is 0.181 e. The molecule has 1 aromatic rings. The number of rotatable bonds is 3. The Morgan fingerprint density at radius 2 is 2.07 bits per heavy atom. The monoisotopic (exact) mass is 395 g/mol. The third-order valence-corrected chi connectivity index (χ3v) is 8.58. The van der Waals surface area contributed by atoms with Crippen molar-refractivity contribution in [2.75, 3.05) is 27.8 Å². The molecule has 6 nitrogen and oxygen atoms in total. The molecule has 0 aromatic heterocycles. The molecular weight excluding hydrogens is 370 g/mol. The lowest BCUT2D eigenvalue weighted by Gasteiger charge is -2.70. The van der Waals surface area contributed by atoms with Crippen molar-refractivity contribution >= 4 is 11.6 Å². The minimum atomic E-state index is -0.838. The maximum atomic E-state index is 13.8. The molecule has 0 N–H and O–H groups in total. The third-order valence-electron chi connectivity index (χ3n) is 8.58. The molecular formula is C23H25NO5. The number of hydrogen-bond acceptors (Lipinski definition) is 6. The normalized spacial score (nSPS) is 43.2. The highest BCUT2D eigenvalue weighted by Crippen LogP contribution is 2.74. The number of fused-ring (bicyclic) bond motifs is 1. The summed E-state index contributed by atoms with van der Waals surface area (Å²) in [4.78, 5) is 28.7. The Morgan fingerprint density at radius 3 is 2.76 bits per heavy atom. The van der Waals surface area contributed by atoms with Crippen LogP contribution >= 0.6 is 0 Å². The Labute approximate surface area is 169 Å². The summed E-state index contributed by atoms with van der Waals surface area (Å²) in [6.45, 7) is 2.42. The first-order valence-corrected chi connectivity index (χ1v) is 10.3.